The Morgan fingerprint density at radius 2 is 1.22 bits per heavy atom. The Balaban J connectivity index is 0.000000169. The Bertz CT molecular complexity index is 3800. The Morgan fingerprint density at radius 3 is 1.77 bits per heavy atom. The van der Waals surface area contributed by atoms with E-state index in [-0.39, 0.29) is 42.3 Å². The van der Waals surface area contributed by atoms with Crippen LogP contribution in [0.2, 0.25) is 25.7 Å². The van der Waals surface area contributed by atoms with Gasteiger partial charge in [0.05, 0.1) is 34.6 Å². The van der Waals surface area contributed by atoms with Crippen molar-refractivity contribution in [2.24, 2.45) is 14.1 Å². The van der Waals surface area contributed by atoms with Crippen molar-refractivity contribution in [1.29, 1.82) is 0 Å². The molecule has 2 amide bonds. The van der Waals surface area contributed by atoms with E-state index < -0.39 is 8.07 Å². The fourth-order valence-electron chi connectivity index (χ4n) is 10.4. The van der Waals surface area contributed by atoms with Crippen molar-refractivity contribution < 1.29 is 23.1 Å². The third-order valence-corrected chi connectivity index (χ3v) is 16.2. The van der Waals surface area contributed by atoms with Gasteiger partial charge < -0.3 is 24.9 Å². The second-order valence-electron chi connectivity index (χ2n) is 21.6. The van der Waals surface area contributed by atoms with Gasteiger partial charge in [-0.15, -0.1) is 0 Å². The predicted octanol–water partition coefficient (Wildman–Crippen LogP) is 9.10. The molecule has 0 saturated carbocycles. The maximum atomic E-state index is 13.9. The van der Waals surface area contributed by atoms with Crippen molar-refractivity contribution in [3.05, 3.63) is 156 Å². The van der Waals surface area contributed by atoms with Gasteiger partial charge in [-0.3, -0.25) is 28.8 Å². The number of carbonyl (C=O) groups excluding carboxylic acids is 2. The lowest BCUT2D eigenvalue weighted by Crippen LogP contribution is -2.37. The van der Waals surface area contributed by atoms with Crippen LogP contribution in [0.5, 0.6) is 0 Å². The zero-order valence-electron chi connectivity index (χ0n) is 44.4. The van der Waals surface area contributed by atoms with E-state index in [1.807, 2.05) is 28.8 Å². The maximum Gasteiger partial charge on any atom is 0.255 e. The van der Waals surface area contributed by atoms with Crippen LogP contribution in [0, 0.1) is 11.6 Å². The van der Waals surface area contributed by atoms with Crippen molar-refractivity contribution in [2.45, 2.75) is 70.4 Å². The second kappa shape index (κ2) is 22.1. The predicted molar refractivity (Wildman–Crippen MR) is 300 cm³/mol. The van der Waals surface area contributed by atoms with Gasteiger partial charge in [-0.2, -0.15) is 10.2 Å². The summed E-state index contributed by atoms with van der Waals surface area (Å²) in [5.41, 5.74) is 9.05. The minimum Gasteiger partial charge on any atom is -0.361 e. The first-order valence-electron chi connectivity index (χ1n) is 26.4. The summed E-state index contributed by atoms with van der Waals surface area (Å²) in [6.07, 6.45) is 8.49. The molecule has 6 aromatic heterocycles. The average molecular weight is 1070 g/mol. The van der Waals surface area contributed by atoms with Crippen molar-refractivity contribution in [3.63, 3.8) is 0 Å². The summed E-state index contributed by atoms with van der Waals surface area (Å²) in [6, 6.07) is 31.0. The van der Waals surface area contributed by atoms with Gasteiger partial charge in [-0.05, 0) is 66.4 Å². The standard InChI is InChI=1S/C32H38FN7O2Si.C26H24FN7O/c1-38-28-16-23(33)10-11-25(28)29(37-38)27-17-34-31-30(36-27)26(20-40(31)21-42-14-15-43(2,3)4)32(41)35-24-12-13-39(19-24)18-22-8-6-5-7-9-22;1-33-22-11-17(27)7-8-19(22)23(32-33)21-13-29-25-24(31-21)20(12-28-25)26(35)30-18-9-10-34(15-18)14-16-5-3-2-4-6-16/h5-11,16-17,20,24H,12-15,18-19,21H2,1-4H3,(H,35,41);2-8,11-13,18H,9-10,14-15H2,1H3,(H,28,29)(H,30,35)/t24-;18-/m11/s1. The third-order valence-electron chi connectivity index (χ3n) is 14.5. The first-order chi connectivity index (χ1) is 37.7. The molecule has 2 aliphatic rings. The number of rotatable bonds is 15. The minimum atomic E-state index is -1.25. The molecule has 10 aromatic rings. The fourth-order valence-corrected chi connectivity index (χ4v) is 11.1. The van der Waals surface area contributed by atoms with Gasteiger partial charge >= 0.3 is 0 Å². The number of nitrogens with zero attached hydrogens (tertiary/aromatic N) is 11. The van der Waals surface area contributed by atoms with E-state index in [0.717, 1.165) is 68.9 Å². The molecule has 0 spiro atoms. The van der Waals surface area contributed by atoms with Crippen LogP contribution in [0.25, 0.3) is 66.9 Å². The van der Waals surface area contributed by atoms with Gasteiger partial charge in [-0.25, -0.2) is 28.7 Å². The molecule has 0 radical (unpaired) electrons. The molecule has 12 rings (SSSR count). The molecule has 8 heterocycles. The monoisotopic (exact) mass is 1070 g/mol. The highest BCUT2D eigenvalue weighted by Crippen LogP contribution is 2.31. The summed E-state index contributed by atoms with van der Waals surface area (Å²) in [7, 11) is 2.28. The Morgan fingerprint density at radius 1 is 0.692 bits per heavy atom. The van der Waals surface area contributed by atoms with Crippen LogP contribution in [0.15, 0.2) is 122 Å². The second-order valence-corrected chi connectivity index (χ2v) is 27.2. The largest absolute Gasteiger partial charge is 0.361 e. The summed E-state index contributed by atoms with van der Waals surface area (Å²) in [4.78, 5) is 53.5. The topological polar surface area (TPSA) is 182 Å². The minimum absolute atomic E-state index is 0.0355. The van der Waals surface area contributed by atoms with E-state index in [1.165, 1.54) is 35.4 Å². The number of halogens is 2. The maximum absolute atomic E-state index is 13.9. The SMILES string of the molecule is Cn1nc(-c2cnc3[nH]cc(C(=O)N[C@@H]4CCN(Cc5ccccc5)C4)c3n2)c2ccc(F)cc21.Cn1nc(-c2cnc3c(n2)c(C(=O)N[C@@H]2CCN(Cc4ccccc4)C2)cn3COCC[Si](C)(C)C)c2ccc(F)cc21. The molecular weight excluding hydrogens is 1010 g/mol. The molecule has 0 unspecified atom stereocenters. The zero-order valence-corrected chi connectivity index (χ0v) is 45.4. The quantitative estimate of drug-likeness (QED) is 0.0658. The van der Waals surface area contributed by atoms with E-state index in [2.05, 4.69) is 96.6 Å². The van der Waals surface area contributed by atoms with Crippen LogP contribution < -0.4 is 10.6 Å². The number of hydrogen-bond acceptors (Lipinski definition) is 11. The molecular formula is C58H62F2N14O3Si. The van der Waals surface area contributed by atoms with Crippen molar-refractivity contribution in [3.8, 4) is 22.8 Å². The molecule has 2 atom stereocenters. The van der Waals surface area contributed by atoms with Crippen molar-refractivity contribution >= 4 is 64.0 Å². The van der Waals surface area contributed by atoms with Gasteiger partial charge in [0.2, 0.25) is 0 Å². The highest BCUT2D eigenvalue weighted by molar-refractivity contribution is 6.76. The molecule has 0 bridgehead atoms. The summed E-state index contributed by atoms with van der Waals surface area (Å²) >= 11 is 0. The molecule has 78 heavy (non-hydrogen) atoms. The first-order valence-corrected chi connectivity index (χ1v) is 30.1. The summed E-state index contributed by atoms with van der Waals surface area (Å²) in [5, 5.41) is 17.1. The highest BCUT2D eigenvalue weighted by Gasteiger charge is 2.29. The number of H-pyrrole nitrogens is 1. The van der Waals surface area contributed by atoms with E-state index in [1.54, 1.807) is 60.4 Å². The number of hydrogen-bond donors (Lipinski definition) is 3. The number of amides is 2. The molecule has 2 saturated heterocycles. The molecule has 0 aliphatic carbocycles. The number of benzene rings is 4. The van der Waals surface area contributed by atoms with Crippen LogP contribution >= 0.6 is 0 Å². The highest BCUT2D eigenvalue weighted by atomic mass is 28.3. The van der Waals surface area contributed by atoms with Crippen LogP contribution in [0.4, 0.5) is 8.78 Å². The molecule has 400 valence electrons. The Hall–Kier alpha value is -8.04. The third kappa shape index (κ3) is 11.5. The van der Waals surface area contributed by atoms with Crippen molar-refractivity contribution in [2.75, 3.05) is 32.8 Å². The van der Waals surface area contributed by atoms with Gasteiger partial charge in [0.15, 0.2) is 11.3 Å². The molecule has 17 nitrogen and oxygen atoms in total. The molecule has 4 aromatic carbocycles. The molecule has 3 N–H and O–H groups in total. The van der Waals surface area contributed by atoms with Crippen molar-refractivity contribution in [1.82, 2.24) is 69.5 Å². The number of aryl methyl sites for hydroxylation is 2. The smallest absolute Gasteiger partial charge is 0.255 e. The zero-order chi connectivity index (χ0) is 54.1. The van der Waals surface area contributed by atoms with Gasteiger partial charge in [0, 0.05) is 103 Å². The first kappa shape index (κ1) is 52.0. The average Bonchev–Trinajstić information content (AvgIpc) is 4.49. The van der Waals surface area contributed by atoms with Crippen LogP contribution in [-0.2, 0) is 38.7 Å². The fraction of sp³-hybridized carbons (Fsp3) is 0.310. The number of nitrogens with one attached hydrogen (secondary N) is 3. The molecule has 2 fully saturated rings. The van der Waals surface area contributed by atoms with Gasteiger partial charge in [0.25, 0.3) is 11.8 Å². The number of fused-ring (bicyclic) bond motifs is 4. The number of likely N-dealkylation sites (tertiary alicyclic amines) is 2. The van der Waals surface area contributed by atoms with Crippen LogP contribution in [0.3, 0.4) is 0 Å². The van der Waals surface area contributed by atoms with E-state index in [9.17, 15) is 18.4 Å². The normalized spacial score (nSPS) is 16.1. The lowest BCUT2D eigenvalue weighted by Gasteiger charge is -2.16. The Kier molecular flexibility index (Phi) is 14.8. The lowest BCUT2D eigenvalue weighted by molar-refractivity contribution is 0.0889. The van der Waals surface area contributed by atoms with E-state index in [0.29, 0.717) is 73.9 Å². The number of carbonyl (C=O) groups is 2. The number of aromatic nitrogens is 10. The molecule has 20 heteroatoms. The lowest BCUT2D eigenvalue weighted by atomic mass is 10.1. The summed E-state index contributed by atoms with van der Waals surface area (Å²) in [5.74, 6) is -1.02. The van der Waals surface area contributed by atoms with Crippen LogP contribution in [0.1, 0.15) is 44.7 Å². The van der Waals surface area contributed by atoms with Gasteiger partial charge in [-0.1, -0.05) is 80.3 Å². The van der Waals surface area contributed by atoms with E-state index in [4.69, 9.17) is 19.7 Å². The number of ether oxygens (including phenoxy) is 1. The van der Waals surface area contributed by atoms with Gasteiger partial charge in [0.1, 0.15) is 52.2 Å². The number of aromatic amines is 1. The molecule has 2 aliphatic heterocycles. The Labute approximate surface area is 450 Å². The summed E-state index contributed by atoms with van der Waals surface area (Å²) in [6.45, 7) is 13.1. The summed E-state index contributed by atoms with van der Waals surface area (Å²) < 4.78 is 38.8. The van der Waals surface area contributed by atoms with Crippen LogP contribution in [-0.4, -0.2) is 124 Å². The van der Waals surface area contributed by atoms with E-state index >= 15 is 0 Å².